The molecule has 2 fully saturated rings. The van der Waals surface area contributed by atoms with Gasteiger partial charge in [-0.15, -0.1) is 0 Å². The van der Waals surface area contributed by atoms with Crippen LogP contribution in [0.3, 0.4) is 0 Å². The lowest BCUT2D eigenvalue weighted by molar-refractivity contribution is -0.117. The summed E-state index contributed by atoms with van der Waals surface area (Å²) in [7, 11) is 0. The molecule has 0 spiro atoms. The number of aromatic nitrogens is 1. The monoisotopic (exact) mass is 474 g/mol. The average Bonchev–Trinajstić information content (AvgIpc) is 3.31. The van der Waals surface area contributed by atoms with Gasteiger partial charge in [0.1, 0.15) is 29.3 Å². The van der Waals surface area contributed by atoms with Gasteiger partial charge in [-0.3, -0.25) is 9.59 Å². The Morgan fingerprint density at radius 1 is 1.09 bits per heavy atom. The first kappa shape index (κ1) is 22.9. The number of amides is 1. The third kappa shape index (κ3) is 4.23. The average molecular weight is 475 g/mol. The summed E-state index contributed by atoms with van der Waals surface area (Å²) in [5.74, 6) is 0.413. The molecule has 5 rings (SSSR count). The van der Waals surface area contributed by atoms with Crippen LogP contribution in [0.25, 0.3) is 10.9 Å². The molecule has 180 valence electrons. The van der Waals surface area contributed by atoms with Crippen molar-refractivity contribution < 1.29 is 13.9 Å². The molecule has 2 aromatic carbocycles. The van der Waals surface area contributed by atoms with Crippen molar-refractivity contribution in [2.24, 2.45) is 0 Å². The first-order valence-corrected chi connectivity index (χ1v) is 12.1. The Labute approximate surface area is 202 Å². The van der Waals surface area contributed by atoms with Gasteiger partial charge < -0.3 is 19.1 Å². The predicted octanol–water partition coefficient (Wildman–Crippen LogP) is 4.21. The Bertz CT molecular complexity index is 1370. The fourth-order valence-electron chi connectivity index (χ4n) is 5.16. The van der Waals surface area contributed by atoms with Crippen molar-refractivity contribution in [3.05, 3.63) is 64.2 Å². The van der Waals surface area contributed by atoms with Crippen LogP contribution in [-0.2, 0) is 11.3 Å². The quantitative estimate of drug-likeness (QED) is 0.554. The van der Waals surface area contributed by atoms with Crippen molar-refractivity contribution in [2.75, 3.05) is 29.4 Å². The number of rotatable bonds is 5. The van der Waals surface area contributed by atoms with Crippen LogP contribution in [0.4, 0.5) is 15.8 Å². The number of carbonyl (C=O) groups is 1. The van der Waals surface area contributed by atoms with Crippen molar-refractivity contribution in [1.29, 1.82) is 5.26 Å². The van der Waals surface area contributed by atoms with Crippen molar-refractivity contribution in [2.45, 2.75) is 45.3 Å². The van der Waals surface area contributed by atoms with Crippen molar-refractivity contribution in [3.8, 4) is 11.8 Å². The number of aryl methyl sites for hydroxylation is 1. The summed E-state index contributed by atoms with van der Waals surface area (Å²) < 4.78 is 20.8. The third-order valence-corrected chi connectivity index (χ3v) is 6.91. The first-order chi connectivity index (χ1) is 17.0. The number of nitriles is 1. The van der Waals surface area contributed by atoms with Crippen LogP contribution in [0.5, 0.6) is 5.75 Å². The summed E-state index contributed by atoms with van der Waals surface area (Å²) in [6.45, 7) is 4.23. The van der Waals surface area contributed by atoms with Gasteiger partial charge in [0.25, 0.3) is 5.56 Å². The molecule has 2 aliphatic heterocycles. The van der Waals surface area contributed by atoms with E-state index < -0.39 is 0 Å². The number of anilines is 2. The van der Waals surface area contributed by atoms with Gasteiger partial charge in [-0.25, -0.2) is 4.39 Å². The molecule has 1 amide bonds. The van der Waals surface area contributed by atoms with Gasteiger partial charge in [0.15, 0.2) is 0 Å². The molecule has 0 N–H and O–H groups in total. The van der Waals surface area contributed by atoms with Crippen LogP contribution < -0.4 is 20.1 Å². The van der Waals surface area contributed by atoms with E-state index in [0.29, 0.717) is 56.9 Å². The van der Waals surface area contributed by atoms with Gasteiger partial charge in [0.2, 0.25) is 5.91 Å². The van der Waals surface area contributed by atoms with E-state index in [4.69, 9.17) is 4.74 Å². The number of benzene rings is 2. The van der Waals surface area contributed by atoms with Crippen LogP contribution in [0.15, 0.2) is 47.3 Å². The normalized spacial score (nSPS) is 16.7. The Kier molecular flexibility index (Phi) is 6.16. The maximum Gasteiger partial charge on any atom is 0.271 e. The van der Waals surface area contributed by atoms with Crippen LogP contribution in [0, 0.1) is 17.1 Å². The van der Waals surface area contributed by atoms with Gasteiger partial charge >= 0.3 is 0 Å². The highest BCUT2D eigenvalue weighted by atomic mass is 19.1. The van der Waals surface area contributed by atoms with E-state index in [1.54, 1.807) is 21.6 Å². The van der Waals surface area contributed by atoms with Crippen LogP contribution in [0.2, 0.25) is 0 Å². The van der Waals surface area contributed by atoms with Crippen molar-refractivity contribution >= 4 is 28.2 Å². The van der Waals surface area contributed by atoms with E-state index in [9.17, 15) is 19.2 Å². The molecule has 8 heteroatoms. The molecule has 0 bridgehead atoms. The Hall–Kier alpha value is -3.86. The van der Waals surface area contributed by atoms with Gasteiger partial charge in [-0.2, -0.15) is 5.26 Å². The number of nitrogens with zero attached hydrogens (tertiary/aromatic N) is 4. The molecule has 7 nitrogen and oxygen atoms in total. The predicted molar refractivity (Wildman–Crippen MR) is 132 cm³/mol. The fourth-order valence-corrected chi connectivity index (χ4v) is 5.16. The summed E-state index contributed by atoms with van der Waals surface area (Å²) in [6.07, 6.45) is 2.75. The highest BCUT2D eigenvalue weighted by molar-refractivity contribution is 6.00. The minimum atomic E-state index is -0.313. The van der Waals surface area contributed by atoms with E-state index in [1.807, 2.05) is 25.1 Å². The lowest BCUT2D eigenvalue weighted by Gasteiger charge is -2.35. The van der Waals surface area contributed by atoms with Crippen LogP contribution in [-0.4, -0.2) is 36.2 Å². The summed E-state index contributed by atoms with van der Waals surface area (Å²) in [5.41, 5.74) is 1.99. The van der Waals surface area contributed by atoms with Gasteiger partial charge in [-0.05, 0) is 55.8 Å². The SMILES string of the molecule is CCn1c(=O)c(C#N)c(N2CCC(Oc3ccc(F)cc3)CC2)c2ccc(N3CCCC3=O)cc21. The molecular formula is C27H27FN4O3. The topological polar surface area (TPSA) is 78.6 Å². The number of ether oxygens (including phenoxy) is 1. The zero-order valence-electron chi connectivity index (χ0n) is 19.7. The summed E-state index contributed by atoms with van der Waals surface area (Å²) in [6, 6.07) is 13.9. The molecule has 0 unspecified atom stereocenters. The molecule has 2 aliphatic rings. The van der Waals surface area contributed by atoms with Crippen molar-refractivity contribution in [3.63, 3.8) is 0 Å². The number of carbonyl (C=O) groups excluding carboxylic acids is 1. The molecule has 3 heterocycles. The minimum Gasteiger partial charge on any atom is -0.490 e. The first-order valence-electron chi connectivity index (χ1n) is 12.1. The standard InChI is InChI=1S/C27H27FN4O3/c1-2-31-24-16-19(32-13-3-4-25(32)33)7-10-22(24)26(23(17-29)27(31)34)30-14-11-21(12-15-30)35-20-8-5-18(28)6-9-20/h5-10,16,21H,2-4,11-15H2,1H3. The Balaban J connectivity index is 1.48. The number of pyridine rings is 1. The summed E-state index contributed by atoms with van der Waals surface area (Å²) in [4.78, 5) is 29.5. The highest BCUT2D eigenvalue weighted by Gasteiger charge is 2.28. The lowest BCUT2D eigenvalue weighted by atomic mass is 10.0. The minimum absolute atomic E-state index is 0.0303. The highest BCUT2D eigenvalue weighted by Crippen LogP contribution is 2.34. The molecular weight excluding hydrogens is 447 g/mol. The second kappa shape index (κ2) is 9.41. The molecule has 3 aromatic rings. The zero-order chi connectivity index (χ0) is 24.5. The van der Waals surface area contributed by atoms with E-state index in [2.05, 4.69) is 11.0 Å². The van der Waals surface area contributed by atoms with Gasteiger partial charge in [0, 0.05) is 56.5 Å². The van der Waals surface area contributed by atoms with Crippen LogP contribution in [0.1, 0.15) is 38.2 Å². The number of hydrogen-bond acceptors (Lipinski definition) is 5. The number of fused-ring (bicyclic) bond motifs is 1. The number of hydrogen-bond donors (Lipinski definition) is 0. The lowest BCUT2D eigenvalue weighted by Crippen LogP contribution is -2.40. The number of halogens is 1. The number of piperidine rings is 1. The molecule has 2 saturated heterocycles. The van der Waals surface area contributed by atoms with E-state index in [0.717, 1.165) is 23.0 Å². The van der Waals surface area contributed by atoms with Gasteiger partial charge in [-0.1, -0.05) is 0 Å². The van der Waals surface area contributed by atoms with Gasteiger partial charge in [0.05, 0.1) is 11.2 Å². The molecule has 0 saturated carbocycles. The second-order valence-electron chi connectivity index (χ2n) is 8.99. The molecule has 1 aromatic heterocycles. The fraction of sp³-hybridized carbons (Fsp3) is 0.370. The smallest absolute Gasteiger partial charge is 0.271 e. The zero-order valence-corrected chi connectivity index (χ0v) is 19.7. The maximum atomic E-state index is 13.3. The maximum absolute atomic E-state index is 13.3. The Morgan fingerprint density at radius 3 is 2.46 bits per heavy atom. The van der Waals surface area contributed by atoms with Crippen molar-refractivity contribution in [1.82, 2.24) is 4.57 Å². The summed E-state index contributed by atoms with van der Waals surface area (Å²) in [5, 5.41) is 10.8. The Morgan fingerprint density at radius 2 is 1.83 bits per heavy atom. The van der Waals surface area contributed by atoms with E-state index >= 15 is 0 Å². The largest absolute Gasteiger partial charge is 0.490 e. The van der Waals surface area contributed by atoms with Crippen LogP contribution >= 0.6 is 0 Å². The second-order valence-corrected chi connectivity index (χ2v) is 8.99. The molecule has 35 heavy (non-hydrogen) atoms. The summed E-state index contributed by atoms with van der Waals surface area (Å²) >= 11 is 0. The van der Waals surface area contributed by atoms with E-state index in [1.165, 1.54) is 12.1 Å². The third-order valence-electron chi connectivity index (χ3n) is 6.91. The van der Waals surface area contributed by atoms with E-state index in [-0.39, 0.29) is 29.0 Å². The molecule has 0 radical (unpaired) electrons. The molecule has 0 atom stereocenters. The molecule has 0 aliphatic carbocycles.